The summed E-state index contributed by atoms with van der Waals surface area (Å²) in [5.41, 5.74) is 7.19. The Labute approximate surface area is 103 Å². The molecule has 0 aliphatic heterocycles. The number of hydrogen-bond acceptors (Lipinski definition) is 5. The fourth-order valence-corrected chi connectivity index (χ4v) is 1.97. The lowest BCUT2D eigenvalue weighted by Crippen LogP contribution is -2.15. The Hall–Kier alpha value is -1.95. The second-order valence-corrected chi connectivity index (χ2v) is 4.32. The number of nitrogens with one attached hydrogen (secondary N) is 1. The van der Waals surface area contributed by atoms with E-state index in [-0.39, 0.29) is 12.3 Å². The normalized spacial score (nSPS) is 10.2. The largest absolute Gasteiger partial charge is 0.398 e. The maximum atomic E-state index is 11.7. The first kappa shape index (κ1) is 11.5. The van der Waals surface area contributed by atoms with Crippen LogP contribution in [-0.4, -0.2) is 15.3 Å². The topological polar surface area (TPSA) is 80.9 Å². The first-order valence-electron chi connectivity index (χ1n) is 5.08. The van der Waals surface area contributed by atoms with Crippen molar-refractivity contribution in [3.8, 4) is 0 Å². The molecule has 0 fully saturated rings. The van der Waals surface area contributed by atoms with Gasteiger partial charge in [0.25, 0.3) is 0 Å². The Bertz CT molecular complexity index is 538. The smallest absolute Gasteiger partial charge is 0.230 e. The van der Waals surface area contributed by atoms with Gasteiger partial charge in [-0.1, -0.05) is 18.2 Å². The van der Waals surface area contributed by atoms with Crippen LogP contribution >= 0.6 is 11.5 Å². The molecule has 2 aromatic rings. The minimum absolute atomic E-state index is 0.140. The van der Waals surface area contributed by atoms with Crippen LogP contribution in [0.1, 0.15) is 11.4 Å². The summed E-state index contributed by atoms with van der Waals surface area (Å²) in [5.74, 6) is 0.517. The van der Waals surface area contributed by atoms with Gasteiger partial charge in [-0.15, -0.1) is 0 Å². The van der Waals surface area contributed by atoms with Crippen LogP contribution in [-0.2, 0) is 11.2 Å². The molecule has 0 radical (unpaired) electrons. The molecule has 1 heterocycles. The van der Waals surface area contributed by atoms with E-state index in [0.29, 0.717) is 16.6 Å². The average molecular weight is 248 g/mol. The predicted molar refractivity (Wildman–Crippen MR) is 67.8 cm³/mol. The molecule has 0 aliphatic carbocycles. The minimum atomic E-state index is -0.140. The van der Waals surface area contributed by atoms with E-state index >= 15 is 0 Å². The third kappa shape index (κ3) is 3.01. The minimum Gasteiger partial charge on any atom is -0.398 e. The van der Waals surface area contributed by atoms with E-state index in [0.717, 1.165) is 5.56 Å². The van der Waals surface area contributed by atoms with Gasteiger partial charge in [0.1, 0.15) is 5.82 Å². The molecule has 2 rings (SSSR count). The molecule has 3 N–H and O–H groups in total. The number of nitrogens with zero attached hydrogens (tertiary/aromatic N) is 2. The summed E-state index contributed by atoms with van der Waals surface area (Å²) in [6.45, 7) is 1.78. The molecule has 0 unspecified atom stereocenters. The molecule has 1 aromatic heterocycles. The van der Waals surface area contributed by atoms with Gasteiger partial charge in [0, 0.05) is 17.2 Å². The van der Waals surface area contributed by atoms with Gasteiger partial charge in [0.15, 0.2) is 0 Å². The standard InChI is InChI=1S/C11H12N4OS/c1-7-13-11(17-15-7)14-10(16)6-8-4-2-3-5-9(8)12/h2-5H,6,12H2,1H3,(H,13,14,15,16). The molecule has 0 bridgehead atoms. The van der Waals surface area contributed by atoms with Crippen LogP contribution in [0.4, 0.5) is 10.8 Å². The molecule has 0 aliphatic rings. The van der Waals surface area contributed by atoms with E-state index in [1.165, 1.54) is 11.5 Å². The lowest BCUT2D eigenvalue weighted by atomic mass is 10.1. The van der Waals surface area contributed by atoms with Gasteiger partial charge in [-0.2, -0.15) is 4.37 Å². The number of aromatic nitrogens is 2. The maximum Gasteiger partial charge on any atom is 0.230 e. The fourth-order valence-electron chi connectivity index (χ4n) is 1.38. The Morgan fingerprint density at radius 3 is 2.88 bits per heavy atom. The van der Waals surface area contributed by atoms with Gasteiger partial charge in [-0.05, 0) is 18.6 Å². The summed E-state index contributed by atoms with van der Waals surface area (Å²) in [6.07, 6.45) is 0.241. The highest BCUT2D eigenvalue weighted by Crippen LogP contribution is 2.14. The number of carbonyl (C=O) groups excluding carboxylic acids is 1. The van der Waals surface area contributed by atoms with E-state index < -0.39 is 0 Å². The summed E-state index contributed by atoms with van der Waals surface area (Å²) in [6, 6.07) is 7.30. The van der Waals surface area contributed by atoms with Gasteiger partial charge in [0.2, 0.25) is 11.0 Å². The van der Waals surface area contributed by atoms with Crippen molar-refractivity contribution < 1.29 is 4.79 Å². The van der Waals surface area contributed by atoms with E-state index in [1.807, 2.05) is 18.2 Å². The molecule has 88 valence electrons. The van der Waals surface area contributed by atoms with Crippen LogP contribution in [0, 0.1) is 6.92 Å². The third-order valence-electron chi connectivity index (χ3n) is 2.18. The molecule has 17 heavy (non-hydrogen) atoms. The Morgan fingerprint density at radius 2 is 2.24 bits per heavy atom. The number of benzene rings is 1. The van der Waals surface area contributed by atoms with Crippen molar-refractivity contribution >= 4 is 28.3 Å². The molecule has 1 aromatic carbocycles. The van der Waals surface area contributed by atoms with E-state index in [2.05, 4.69) is 14.7 Å². The molecule has 0 saturated carbocycles. The number of carbonyl (C=O) groups is 1. The molecule has 0 atom stereocenters. The number of anilines is 2. The van der Waals surface area contributed by atoms with Crippen molar-refractivity contribution in [1.82, 2.24) is 9.36 Å². The Balaban J connectivity index is 2.01. The number of nitrogens with two attached hydrogens (primary N) is 1. The number of aryl methyl sites for hydroxylation is 1. The summed E-state index contributed by atoms with van der Waals surface area (Å²) in [5, 5.41) is 3.20. The zero-order chi connectivity index (χ0) is 12.3. The zero-order valence-electron chi connectivity index (χ0n) is 9.30. The van der Waals surface area contributed by atoms with Gasteiger partial charge in [-0.25, -0.2) is 4.98 Å². The zero-order valence-corrected chi connectivity index (χ0v) is 10.1. The van der Waals surface area contributed by atoms with Crippen LogP contribution in [0.2, 0.25) is 0 Å². The molecule has 6 heteroatoms. The average Bonchev–Trinajstić information content (AvgIpc) is 2.67. The Morgan fingerprint density at radius 1 is 1.47 bits per heavy atom. The summed E-state index contributed by atoms with van der Waals surface area (Å²) >= 11 is 1.17. The summed E-state index contributed by atoms with van der Waals surface area (Å²) in [7, 11) is 0. The number of para-hydroxylation sites is 1. The van der Waals surface area contributed by atoms with Crippen LogP contribution < -0.4 is 11.1 Å². The highest BCUT2D eigenvalue weighted by atomic mass is 32.1. The SMILES string of the molecule is Cc1nsc(NC(=O)Cc2ccccc2N)n1. The van der Waals surface area contributed by atoms with Crippen molar-refractivity contribution in [2.45, 2.75) is 13.3 Å². The lowest BCUT2D eigenvalue weighted by Gasteiger charge is -2.04. The third-order valence-corrected chi connectivity index (χ3v) is 2.90. The van der Waals surface area contributed by atoms with Crippen molar-refractivity contribution in [3.05, 3.63) is 35.7 Å². The number of hydrogen-bond donors (Lipinski definition) is 2. The molecule has 1 amide bonds. The highest BCUT2D eigenvalue weighted by Gasteiger charge is 2.08. The van der Waals surface area contributed by atoms with Gasteiger partial charge < -0.3 is 11.1 Å². The number of rotatable bonds is 3. The van der Waals surface area contributed by atoms with Crippen molar-refractivity contribution in [2.75, 3.05) is 11.1 Å². The molecular weight excluding hydrogens is 236 g/mol. The second-order valence-electron chi connectivity index (χ2n) is 3.57. The van der Waals surface area contributed by atoms with Crippen LogP contribution in [0.5, 0.6) is 0 Å². The molecule has 5 nitrogen and oxygen atoms in total. The first-order valence-corrected chi connectivity index (χ1v) is 5.86. The van der Waals surface area contributed by atoms with Crippen LogP contribution in [0.25, 0.3) is 0 Å². The van der Waals surface area contributed by atoms with Crippen LogP contribution in [0.15, 0.2) is 24.3 Å². The summed E-state index contributed by atoms with van der Waals surface area (Å²) in [4.78, 5) is 15.8. The Kier molecular flexibility index (Phi) is 3.34. The quantitative estimate of drug-likeness (QED) is 0.809. The van der Waals surface area contributed by atoms with Crippen molar-refractivity contribution in [3.63, 3.8) is 0 Å². The predicted octanol–water partition coefficient (Wildman–Crippen LogP) is 1.61. The number of nitrogen functional groups attached to an aromatic ring is 1. The molecular formula is C11H12N4OS. The molecule has 0 spiro atoms. The van der Waals surface area contributed by atoms with E-state index in [4.69, 9.17) is 5.73 Å². The van der Waals surface area contributed by atoms with Crippen molar-refractivity contribution in [2.24, 2.45) is 0 Å². The van der Waals surface area contributed by atoms with E-state index in [1.54, 1.807) is 13.0 Å². The second kappa shape index (κ2) is 4.92. The highest BCUT2D eigenvalue weighted by molar-refractivity contribution is 7.09. The van der Waals surface area contributed by atoms with Gasteiger partial charge in [-0.3, -0.25) is 4.79 Å². The lowest BCUT2D eigenvalue weighted by molar-refractivity contribution is -0.115. The van der Waals surface area contributed by atoms with Crippen LogP contribution in [0.3, 0.4) is 0 Å². The summed E-state index contributed by atoms with van der Waals surface area (Å²) < 4.78 is 3.99. The first-order chi connectivity index (χ1) is 8.15. The number of amides is 1. The maximum absolute atomic E-state index is 11.7. The van der Waals surface area contributed by atoms with Gasteiger partial charge >= 0.3 is 0 Å². The fraction of sp³-hybridized carbons (Fsp3) is 0.182. The van der Waals surface area contributed by atoms with Gasteiger partial charge in [0.05, 0.1) is 6.42 Å². The van der Waals surface area contributed by atoms with Crippen molar-refractivity contribution in [1.29, 1.82) is 0 Å². The monoisotopic (exact) mass is 248 g/mol. The molecule has 0 saturated heterocycles. The van der Waals surface area contributed by atoms with E-state index in [9.17, 15) is 4.79 Å².